The lowest BCUT2D eigenvalue weighted by molar-refractivity contribution is -0.136. The van der Waals surface area contributed by atoms with Crippen molar-refractivity contribution in [3.63, 3.8) is 0 Å². The van der Waals surface area contributed by atoms with Gasteiger partial charge in [-0.2, -0.15) is 0 Å². The maximum Gasteiger partial charge on any atom is 0.313 e. The maximum absolute atomic E-state index is 11.7. The number of halogens is 1. The molecule has 20 heavy (non-hydrogen) atoms. The topological polar surface area (TPSA) is 71.1 Å². The van der Waals surface area contributed by atoms with Gasteiger partial charge in [-0.1, -0.05) is 11.6 Å². The molecule has 0 aliphatic heterocycles. The zero-order chi connectivity index (χ0) is 14.4. The standard InChI is InChI=1S/C14H12ClN3O2/c15-11-1-3-12(4-2-11)18-14(20)13(19)17-9-10-5-7-16-8-6-10/h1-8H,9H2,(H,17,19)(H,18,20). The largest absolute Gasteiger partial charge is 0.344 e. The van der Waals surface area contributed by atoms with Crippen LogP contribution in [0.1, 0.15) is 5.56 Å². The Hall–Kier alpha value is -2.40. The first-order valence-electron chi connectivity index (χ1n) is 5.89. The summed E-state index contributed by atoms with van der Waals surface area (Å²) in [5.41, 5.74) is 1.38. The summed E-state index contributed by atoms with van der Waals surface area (Å²) in [6, 6.07) is 10.0. The summed E-state index contributed by atoms with van der Waals surface area (Å²) in [5, 5.41) is 5.57. The van der Waals surface area contributed by atoms with Crippen LogP contribution in [0, 0.1) is 0 Å². The Bertz CT molecular complexity index is 600. The molecule has 0 unspecified atom stereocenters. The molecular weight excluding hydrogens is 278 g/mol. The van der Waals surface area contributed by atoms with Crippen molar-refractivity contribution in [2.24, 2.45) is 0 Å². The van der Waals surface area contributed by atoms with Crippen molar-refractivity contribution in [1.29, 1.82) is 0 Å². The van der Waals surface area contributed by atoms with Gasteiger partial charge in [0.15, 0.2) is 0 Å². The molecule has 0 atom stereocenters. The number of rotatable bonds is 3. The average molecular weight is 290 g/mol. The number of aromatic nitrogens is 1. The first-order chi connectivity index (χ1) is 9.65. The van der Waals surface area contributed by atoms with Gasteiger partial charge in [-0.05, 0) is 42.0 Å². The Morgan fingerprint density at radius 2 is 1.65 bits per heavy atom. The summed E-state index contributed by atoms with van der Waals surface area (Å²) in [5.74, 6) is -1.42. The predicted molar refractivity (Wildman–Crippen MR) is 76.2 cm³/mol. The molecule has 1 aromatic carbocycles. The summed E-state index contributed by atoms with van der Waals surface area (Å²) < 4.78 is 0. The number of carbonyl (C=O) groups excluding carboxylic acids is 2. The number of hydrogen-bond donors (Lipinski definition) is 2. The van der Waals surface area contributed by atoms with Gasteiger partial charge in [-0.15, -0.1) is 0 Å². The Morgan fingerprint density at radius 1 is 1.00 bits per heavy atom. The highest BCUT2D eigenvalue weighted by Gasteiger charge is 2.13. The van der Waals surface area contributed by atoms with Crippen molar-refractivity contribution in [3.05, 3.63) is 59.4 Å². The predicted octanol–water partition coefficient (Wildman–Crippen LogP) is 1.99. The third-order valence-electron chi connectivity index (χ3n) is 2.51. The minimum atomic E-state index is -0.721. The fraction of sp³-hybridized carbons (Fsp3) is 0.0714. The van der Waals surface area contributed by atoms with Crippen molar-refractivity contribution in [2.75, 3.05) is 5.32 Å². The van der Waals surface area contributed by atoms with E-state index in [-0.39, 0.29) is 6.54 Å². The van der Waals surface area contributed by atoms with Crippen molar-refractivity contribution in [2.45, 2.75) is 6.54 Å². The lowest BCUT2D eigenvalue weighted by Gasteiger charge is -2.06. The minimum absolute atomic E-state index is 0.273. The van der Waals surface area contributed by atoms with E-state index < -0.39 is 11.8 Å². The molecule has 1 heterocycles. The van der Waals surface area contributed by atoms with Crippen molar-refractivity contribution < 1.29 is 9.59 Å². The number of anilines is 1. The highest BCUT2D eigenvalue weighted by Crippen LogP contribution is 2.13. The molecule has 6 heteroatoms. The van der Waals surface area contributed by atoms with Crippen molar-refractivity contribution in [1.82, 2.24) is 10.3 Å². The quantitative estimate of drug-likeness (QED) is 0.849. The fourth-order valence-electron chi connectivity index (χ4n) is 1.48. The number of hydrogen-bond acceptors (Lipinski definition) is 3. The number of carbonyl (C=O) groups is 2. The van der Waals surface area contributed by atoms with Gasteiger partial charge in [-0.3, -0.25) is 14.6 Å². The van der Waals surface area contributed by atoms with Gasteiger partial charge in [-0.25, -0.2) is 0 Å². The van der Waals surface area contributed by atoms with E-state index >= 15 is 0 Å². The highest BCUT2D eigenvalue weighted by molar-refractivity contribution is 6.39. The van der Waals surface area contributed by atoms with Crippen LogP contribution in [0.4, 0.5) is 5.69 Å². The molecule has 2 N–H and O–H groups in total. The van der Waals surface area contributed by atoms with E-state index in [9.17, 15) is 9.59 Å². The molecule has 0 saturated carbocycles. The van der Waals surface area contributed by atoms with Crippen LogP contribution in [0.2, 0.25) is 5.02 Å². The number of nitrogens with one attached hydrogen (secondary N) is 2. The van der Waals surface area contributed by atoms with E-state index in [1.165, 1.54) is 0 Å². The van der Waals surface area contributed by atoms with Crippen molar-refractivity contribution >= 4 is 29.1 Å². The Kier molecular flexibility index (Phi) is 4.68. The van der Waals surface area contributed by atoms with Crippen LogP contribution in [0.5, 0.6) is 0 Å². The normalized spacial score (nSPS) is 9.85. The van der Waals surface area contributed by atoms with E-state index in [0.29, 0.717) is 10.7 Å². The molecule has 2 amide bonds. The van der Waals surface area contributed by atoms with E-state index in [1.54, 1.807) is 48.8 Å². The fourth-order valence-corrected chi connectivity index (χ4v) is 1.61. The SMILES string of the molecule is O=C(NCc1ccncc1)C(=O)Nc1ccc(Cl)cc1. The maximum atomic E-state index is 11.7. The number of pyridine rings is 1. The summed E-state index contributed by atoms with van der Waals surface area (Å²) in [4.78, 5) is 27.1. The molecule has 1 aromatic heterocycles. The molecular formula is C14H12ClN3O2. The van der Waals surface area contributed by atoms with Gasteiger partial charge in [0, 0.05) is 29.6 Å². The Balaban J connectivity index is 1.86. The smallest absolute Gasteiger partial charge is 0.313 e. The van der Waals surface area contributed by atoms with Gasteiger partial charge in [0.25, 0.3) is 0 Å². The molecule has 0 aliphatic rings. The van der Waals surface area contributed by atoms with E-state index in [1.807, 2.05) is 0 Å². The lowest BCUT2D eigenvalue weighted by atomic mass is 10.2. The minimum Gasteiger partial charge on any atom is -0.344 e. The van der Waals surface area contributed by atoms with Crippen LogP contribution >= 0.6 is 11.6 Å². The number of nitrogens with zero attached hydrogens (tertiary/aromatic N) is 1. The molecule has 5 nitrogen and oxygen atoms in total. The third-order valence-corrected chi connectivity index (χ3v) is 2.76. The van der Waals surface area contributed by atoms with E-state index in [2.05, 4.69) is 15.6 Å². The Morgan fingerprint density at radius 3 is 2.30 bits per heavy atom. The monoisotopic (exact) mass is 289 g/mol. The van der Waals surface area contributed by atoms with E-state index in [4.69, 9.17) is 11.6 Å². The summed E-state index contributed by atoms with van der Waals surface area (Å²) in [6.45, 7) is 0.273. The highest BCUT2D eigenvalue weighted by atomic mass is 35.5. The van der Waals surface area contributed by atoms with Gasteiger partial charge < -0.3 is 10.6 Å². The molecule has 0 spiro atoms. The van der Waals surface area contributed by atoms with Gasteiger partial charge in [0.2, 0.25) is 0 Å². The summed E-state index contributed by atoms with van der Waals surface area (Å²) >= 11 is 5.73. The first-order valence-corrected chi connectivity index (χ1v) is 6.26. The lowest BCUT2D eigenvalue weighted by Crippen LogP contribution is -2.34. The molecule has 0 radical (unpaired) electrons. The molecule has 0 fully saturated rings. The van der Waals surface area contributed by atoms with Crippen LogP contribution in [-0.4, -0.2) is 16.8 Å². The average Bonchev–Trinajstić information content (AvgIpc) is 2.48. The third kappa shape index (κ3) is 4.07. The van der Waals surface area contributed by atoms with Crippen LogP contribution < -0.4 is 10.6 Å². The molecule has 2 rings (SSSR count). The van der Waals surface area contributed by atoms with Crippen LogP contribution in [0.15, 0.2) is 48.8 Å². The number of benzene rings is 1. The van der Waals surface area contributed by atoms with E-state index in [0.717, 1.165) is 5.56 Å². The van der Waals surface area contributed by atoms with Gasteiger partial charge >= 0.3 is 11.8 Å². The summed E-state index contributed by atoms with van der Waals surface area (Å²) in [6.07, 6.45) is 3.24. The van der Waals surface area contributed by atoms with Gasteiger partial charge in [0.1, 0.15) is 0 Å². The zero-order valence-electron chi connectivity index (χ0n) is 10.5. The first kappa shape index (κ1) is 14.0. The summed E-state index contributed by atoms with van der Waals surface area (Å²) in [7, 11) is 0. The van der Waals surface area contributed by atoms with Crippen molar-refractivity contribution in [3.8, 4) is 0 Å². The molecule has 102 valence electrons. The zero-order valence-corrected chi connectivity index (χ0v) is 11.2. The number of amides is 2. The van der Waals surface area contributed by atoms with Gasteiger partial charge in [0.05, 0.1) is 0 Å². The molecule has 0 aliphatic carbocycles. The van der Waals surface area contributed by atoms with Crippen LogP contribution in [0.3, 0.4) is 0 Å². The second kappa shape index (κ2) is 6.68. The second-order valence-corrected chi connectivity index (χ2v) is 4.44. The van der Waals surface area contributed by atoms with Crippen LogP contribution in [0.25, 0.3) is 0 Å². The second-order valence-electron chi connectivity index (χ2n) is 4.00. The molecule has 0 bridgehead atoms. The molecule has 2 aromatic rings. The Labute approximate surface area is 121 Å². The van der Waals surface area contributed by atoms with Crippen LogP contribution in [-0.2, 0) is 16.1 Å². The molecule has 0 saturated heterocycles.